The van der Waals surface area contributed by atoms with Crippen molar-refractivity contribution in [2.24, 2.45) is 0 Å². The van der Waals surface area contributed by atoms with Gasteiger partial charge in [-0.2, -0.15) is 0 Å². The van der Waals surface area contributed by atoms with E-state index in [0.717, 1.165) is 33.0 Å². The highest BCUT2D eigenvalue weighted by atomic mass is 35.5. The summed E-state index contributed by atoms with van der Waals surface area (Å²) in [6, 6.07) is 17.5. The van der Waals surface area contributed by atoms with Crippen molar-refractivity contribution in [1.82, 2.24) is 9.97 Å². The van der Waals surface area contributed by atoms with Gasteiger partial charge in [0.2, 0.25) is 0 Å². The van der Waals surface area contributed by atoms with Gasteiger partial charge in [0.15, 0.2) is 5.82 Å². The third-order valence-electron chi connectivity index (χ3n) is 3.81. The SMILES string of the molecule is Clc1ccc(CNc2nc(-c3cccs3)nc3ccccc23)c(Cl)c1. The molecule has 0 amide bonds. The van der Waals surface area contributed by atoms with E-state index in [2.05, 4.69) is 10.3 Å². The third-order valence-corrected chi connectivity index (χ3v) is 5.26. The number of anilines is 1. The highest BCUT2D eigenvalue weighted by Crippen LogP contribution is 2.28. The normalized spacial score (nSPS) is 11.0. The van der Waals surface area contributed by atoms with Crippen molar-refractivity contribution < 1.29 is 0 Å². The summed E-state index contributed by atoms with van der Waals surface area (Å²) in [6.45, 7) is 0.556. The molecule has 6 heteroatoms. The first-order chi connectivity index (χ1) is 12.2. The molecule has 4 rings (SSSR count). The Bertz CT molecular complexity index is 1030. The summed E-state index contributed by atoms with van der Waals surface area (Å²) in [6.07, 6.45) is 0. The van der Waals surface area contributed by atoms with Crippen molar-refractivity contribution in [2.45, 2.75) is 6.54 Å². The van der Waals surface area contributed by atoms with Gasteiger partial charge in [0, 0.05) is 22.0 Å². The van der Waals surface area contributed by atoms with Crippen molar-refractivity contribution in [3.8, 4) is 10.7 Å². The minimum absolute atomic E-state index is 0.556. The number of benzene rings is 2. The summed E-state index contributed by atoms with van der Waals surface area (Å²) < 4.78 is 0. The summed E-state index contributed by atoms with van der Waals surface area (Å²) in [7, 11) is 0. The van der Waals surface area contributed by atoms with Gasteiger partial charge in [0.05, 0.1) is 10.4 Å². The summed E-state index contributed by atoms with van der Waals surface area (Å²) in [5, 5.41) is 7.66. The number of para-hydroxylation sites is 1. The first kappa shape index (κ1) is 16.3. The van der Waals surface area contributed by atoms with Crippen LogP contribution >= 0.6 is 34.5 Å². The maximum Gasteiger partial charge on any atom is 0.172 e. The van der Waals surface area contributed by atoms with E-state index in [1.165, 1.54) is 0 Å². The second-order valence-electron chi connectivity index (χ2n) is 5.48. The van der Waals surface area contributed by atoms with Crippen molar-refractivity contribution in [3.05, 3.63) is 75.6 Å². The molecule has 0 atom stereocenters. The van der Waals surface area contributed by atoms with E-state index in [9.17, 15) is 0 Å². The van der Waals surface area contributed by atoms with E-state index in [-0.39, 0.29) is 0 Å². The second-order valence-corrected chi connectivity index (χ2v) is 7.27. The summed E-state index contributed by atoms with van der Waals surface area (Å²) in [5.74, 6) is 1.51. The third kappa shape index (κ3) is 3.47. The van der Waals surface area contributed by atoms with Gasteiger partial charge in [-0.15, -0.1) is 11.3 Å². The minimum atomic E-state index is 0.556. The number of rotatable bonds is 4. The lowest BCUT2D eigenvalue weighted by atomic mass is 10.2. The molecule has 0 bridgehead atoms. The topological polar surface area (TPSA) is 37.8 Å². The first-order valence-electron chi connectivity index (χ1n) is 7.69. The summed E-state index contributed by atoms with van der Waals surface area (Å²) in [5.41, 5.74) is 1.87. The standard InChI is InChI=1S/C19H13Cl2N3S/c20-13-8-7-12(15(21)10-13)11-22-18-14-4-1-2-5-16(14)23-19(24-18)17-6-3-9-25-17/h1-10H,11H2,(H,22,23,24). The first-order valence-corrected chi connectivity index (χ1v) is 9.33. The number of nitrogens with one attached hydrogen (secondary N) is 1. The van der Waals surface area contributed by atoms with Crippen LogP contribution in [0.4, 0.5) is 5.82 Å². The molecule has 0 saturated carbocycles. The molecule has 0 unspecified atom stereocenters. The van der Waals surface area contributed by atoms with Crippen LogP contribution in [0.5, 0.6) is 0 Å². The van der Waals surface area contributed by atoms with Crippen LogP contribution in [-0.4, -0.2) is 9.97 Å². The lowest BCUT2D eigenvalue weighted by Crippen LogP contribution is -2.04. The van der Waals surface area contributed by atoms with Gasteiger partial charge < -0.3 is 5.32 Å². The molecule has 0 aliphatic heterocycles. The number of nitrogens with zero attached hydrogens (tertiary/aromatic N) is 2. The maximum atomic E-state index is 6.27. The Morgan fingerprint density at radius 2 is 1.84 bits per heavy atom. The van der Waals surface area contributed by atoms with Gasteiger partial charge in [-0.05, 0) is 41.3 Å². The molecule has 0 saturated heterocycles. The average molecular weight is 386 g/mol. The van der Waals surface area contributed by atoms with Gasteiger partial charge in [-0.25, -0.2) is 9.97 Å². The molecule has 1 N–H and O–H groups in total. The van der Waals surface area contributed by atoms with E-state index in [1.54, 1.807) is 17.4 Å². The Morgan fingerprint density at radius 1 is 0.960 bits per heavy atom. The van der Waals surface area contributed by atoms with Crippen LogP contribution in [-0.2, 0) is 6.54 Å². The molecule has 0 aliphatic carbocycles. The highest BCUT2D eigenvalue weighted by molar-refractivity contribution is 7.13. The second kappa shape index (κ2) is 7.00. The minimum Gasteiger partial charge on any atom is -0.365 e. The van der Waals surface area contributed by atoms with Gasteiger partial charge in [0.1, 0.15) is 5.82 Å². The molecule has 0 radical (unpaired) electrons. The van der Waals surface area contributed by atoms with Gasteiger partial charge >= 0.3 is 0 Å². The van der Waals surface area contributed by atoms with E-state index >= 15 is 0 Å². The largest absolute Gasteiger partial charge is 0.365 e. The average Bonchev–Trinajstić information content (AvgIpc) is 3.15. The fourth-order valence-corrected chi connectivity index (χ4v) is 3.70. The van der Waals surface area contributed by atoms with E-state index in [1.807, 2.05) is 53.9 Å². The summed E-state index contributed by atoms with van der Waals surface area (Å²) in [4.78, 5) is 10.4. The van der Waals surface area contributed by atoms with Crippen LogP contribution in [0.1, 0.15) is 5.56 Å². The monoisotopic (exact) mass is 385 g/mol. The quantitative estimate of drug-likeness (QED) is 0.449. The highest BCUT2D eigenvalue weighted by Gasteiger charge is 2.10. The predicted octanol–water partition coefficient (Wildman–Crippen LogP) is 6.28. The molecule has 3 nitrogen and oxygen atoms in total. The number of hydrogen-bond acceptors (Lipinski definition) is 4. The van der Waals surface area contributed by atoms with Crippen LogP contribution in [0.15, 0.2) is 60.0 Å². The van der Waals surface area contributed by atoms with Gasteiger partial charge in [0.25, 0.3) is 0 Å². The van der Waals surface area contributed by atoms with E-state index < -0.39 is 0 Å². The number of fused-ring (bicyclic) bond motifs is 1. The van der Waals surface area contributed by atoms with Crippen molar-refractivity contribution in [1.29, 1.82) is 0 Å². The molecular weight excluding hydrogens is 373 g/mol. The molecule has 2 heterocycles. The zero-order valence-corrected chi connectivity index (χ0v) is 15.4. The van der Waals surface area contributed by atoms with Crippen LogP contribution in [0.25, 0.3) is 21.6 Å². The maximum absolute atomic E-state index is 6.27. The van der Waals surface area contributed by atoms with E-state index in [4.69, 9.17) is 28.2 Å². The fourth-order valence-electron chi connectivity index (χ4n) is 2.57. The number of hydrogen-bond donors (Lipinski definition) is 1. The van der Waals surface area contributed by atoms with Crippen molar-refractivity contribution >= 4 is 51.3 Å². The predicted molar refractivity (Wildman–Crippen MR) is 107 cm³/mol. The van der Waals surface area contributed by atoms with Crippen molar-refractivity contribution in [3.63, 3.8) is 0 Å². The zero-order valence-electron chi connectivity index (χ0n) is 13.0. The molecule has 124 valence electrons. The lowest BCUT2D eigenvalue weighted by molar-refractivity contribution is 1.11. The molecule has 2 aromatic heterocycles. The molecule has 4 aromatic rings. The molecule has 2 aromatic carbocycles. The summed E-state index contributed by atoms with van der Waals surface area (Å²) >= 11 is 13.9. The van der Waals surface area contributed by atoms with Crippen molar-refractivity contribution in [2.75, 3.05) is 5.32 Å². The van der Waals surface area contributed by atoms with Crippen LogP contribution < -0.4 is 5.32 Å². The molecule has 0 aliphatic rings. The molecule has 0 spiro atoms. The Labute approximate surface area is 159 Å². The molecule has 25 heavy (non-hydrogen) atoms. The van der Waals surface area contributed by atoms with Crippen LogP contribution in [0.3, 0.4) is 0 Å². The Kier molecular flexibility index (Phi) is 4.57. The van der Waals surface area contributed by atoms with E-state index in [0.29, 0.717) is 16.6 Å². The number of thiophene rings is 1. The lowest BCUT2D eigenvalue weighted by Gasteiger charge is -2.11. The smallest absolute Gasteiger partial charge is 0.172 e. The Balaban J connectivity index is 1.72. The zero-order chi connectivity index (χ0) is 17.2. The van der Waals surface area contributed by atoms with Crippen LogP contribution in [0, 0.1) is 0 Å². The number of aromatic nitrogens is 2. The van der Waals surface area contributed by atoms with Gasteiger partial charge in [-0.3, -0.25) is 0 Å². The number of halogens is 2. The van der Waals surface area contributed by atoms with Crippen LogP contribution in [0.2, 0.25) is 10.0 Å². The van der Waals surface area contributed by atoms with Gasteiger partial charge in [-0.1, -0.05) is 47.5 Å². The Hall–Kier alpha value is -2.14. The Morgan fingerprint density at radius 3 is 2.64 bits per heavy atom. The molecular formula is C19H13Cl2N3S. The molecule has 0 fully saturated rings. The fraction of sp³-hybridized carbons (Fsp3) is 0.0526.